The van der Waals surface area contributed by atoms with Crippen LogP contribution in [0.2, 0.25) is 0 Å². The molecule has 0 atom stereocenters. The van der Waals surface area contributed by atoms with Crippen molar-refractivity contribution in [3.8, 4) is 11.3 Å². The van der Waals surface area contributed by atoms with E-state index < -0.39 is 12.5 Å². The van der Waals surface area contributed by atoms with Crippen LogP contribution in [0, 0.1) is 5.92 Å². The number of alkyl halides is 3. The lowest BCUT2D eigenvalue weighted by Gasteiger charge is -2.28. The average molecular weight is 494 g/mol. The highest BCUT2D eigenvalue weighted by Gasteiger charge is 2.25. The lowest BCUT2D eigenvalue weighted by atomic mass is 9.87. The number of thioether (sulfide) groups is 1. The normalized spacial score (nSPS) is 18.4. The molecule has 4 heterocycles. The van der Waals surface area contributed by atoms with Gasteiger partial charge in [0.15, 0.2) is 0 Å². The number of nitrogens with zero attached hydrogens (tertiary/aromatic N) is 6. The summed E-state index contributed by atoms with van der Waals surface area (Å²) in [4.78, 5) is 24.7. The van der Waals surface area contributed by atoms with Gasteiger partial charge in [0.25, 0.3) is 0 Å². The SMILES string of the molecule is Nc1nc(SCC2CCC(n3cc(-c4ncnc5[nH]ccc45)cn3)CC2)n[nH]1.O=CC(F)(F)F. The van der Waals surface area contributed by atoms with E-state index in [1.54, 1.807) is 18.1 Å². The molecule has 0 spiro atoms. The Bertz CT molecular complexity index is 1230. The summed E-state index contributed by atoms with van der Waals surface area (Å²) in [5.74, 6) is 2.08. The van der Waals surface area contributed by atoms with Gasteiger partial charge in [0.05, 0.1) is 17.9 Å². The third-order valence-corrected chi connectivity index (χ3v) is 6.56. The molecule has 4 aromatic rings. The summed E-state index contributed by atoms with van der Waals surface area (Å²) < 4.78 is 33.4. The topological polar surface area (TPSA) is 144 Å². The summed E-state index contributed by atoms with van der Waals surface area (Å²) in [6, 6.07) is 2.45. The zero-order valence-electron chi connectivity index (χ0n) is 17.9. The molecule has 0 amide bonds. The maximum absolute atomic E-state index is 10.4. The predicted octanol–water partition coefficient (Wildman–Crippen LogP) is 3.79. The van der Waals surface area contributed by atoms with Gasteiger partial charge in [0, 0.05) is 29.1 Å². The molecule has 0 saturated heterocycles. The first-order valence-corrected chi connectivity index (χ1v) is 11.5. The van der Waals surface area contributed by atoms with Crippen LogP contribution in [0.4, 0.5) is 19.1 Å². The van der Waals surface area contributed by atoms with Gasteiger partial charge in [-0.05, 0) is 37.7 Å². The van der Waals surface area contributed by atoms with Gasteiger partial charge in [-0.25, -0.2) is 15.1 Å². The third kappa shape index (κ3) is 5.92. The number of nitrogens with two attached hydrogens (primary N) is 1. The van der Waals surface area contributed by atoms with Crippen molar-refractivity contribution >= 4 is 35.0 Å². The summed E-state index contributed by atoms with van der Waals surface area (Å²) in [6.07, 6.45) is 6.43. The minimum atomic E-state index is -4.64. The number of carbonyl (C=O) groups is 1. The Morgan fingerprint density at radius 1 is 1.24 bits per heavy atom. The van der Waals surface area contributed by atoms with Crippen molar-refractivity contribution in [3.63, 3.8) is 0 Å². The molecular formula is C20H22F3N9OS. The van der Waals surface area contributed by atoms with Crippen LogP contribution in [0.15, 0.2) is 36.1 Å². The fourth-order valence-electron chi connectivity index (χ4n) is 3.85. The van der Waals surface area contributed by atoms with E-state index in [1.807, 2.05) is 18.5 Å². The number of fused-ring (bicyclic) bond motifs is 1. The highest BCUT2D eigenvalue weighted by molar-refractivity contribution is 7.99. The molecule has 0 aromatic carbocycles. The molecule has 1 aliphatic rings. The molecule has 180 valence electrons. The number of H-pyrrole nitrogens is 2. The standard InChI is InChI=1S/C18H21N9S.C2HF3O/c19-17-24-18(26-25-17)28-9-11-1-3-13(4-2-11)27-8-12(7-23-27)15-14-5-6-20-16(14)22-10-21-15;3-2(4,5)1-6/h5-8,10-11,13H,1-4,9H2,(H,20,21,22)(H3,19,24,25,26);1H. The Kier molecular flexibility index (Phi) is 7.14. The van der Waals surface area contributed by atoms with E-state index in [0.717, 1.165) is 46.0 Å². The average Bonchev–Trinajstić information content (AvgIpc) is 3.58. The molecule has 34 heavy (non-hydrogen) atoms. The fourth-order valence-corrected chi connectivity index (χ4v) is 4.84. The maximum atomic E-state index is 10.4. The van der Waals surface area contributed by atoms with Crippen LogP contribution in [0.25, 0.3) is 22.3 Å². The Balaban J connectivity index is 0.000000408. The van der Waals surface area contributed by atoms with Crippen LogP contribution >= 0.6 is 11.8 Å². The number of halogens is 3. The maximum Gasteiger partial charge on any atom is 0.446 e. The second-order valence-corrected chi connectivity index (χ2v) is 8.81. The number of nitrogen functional groups attached to an aromatic ring is 1. The lowest BCUT2D eigenvalue weighted by molar-refractivity contribution is -0.156. The van der Waals surface area contributed by atoms with Crippen molar-refractivity contribution in [2.24, 2.45) is 5.92 Å². The van der Waals surface area contributed by atoms with Gasteiger partial charge >= 0.3 is 6.18 Å². The van der Waals surface area contributed by atoms with Crippen molar-refractivity contribution in [1.82, 2.24) is 39.9 Å². The first kappa shape index (κ1) is 23.7. The van der Waals surface area contributed by atoms with Crippen LogP contribution in [0.5, 0.6) is 0 Å². The second-order valence-electron chi connectivity index (χ2n) is 7.82. The molecular weight excluding hydrogens is 471 g/mol. The Hall–Kier alpha value is -3.42. The van der Waals surface area contributed by atoms with Crippen molar-refractivity contribution < 1.29 is 18.0 Å². The van der Waals surface area contributed by atoms with Crippen LogP contribution in [-0.4, -0.2) is 58.1 Å². The van der Waals surface area contributed by atoms with E-state index in [4.69, 9.17) is 10.5 Å². The minimum absolute atomic E-state index is 0.376. The molecule has 1 fully saturated rings. The Labute approximate surface area is 196 Å². The molecule has 0 aliphatic heterocycles. The molecule has 14 heteroatoms. The number of rotatable bonds is 5. The summed E-state index contributed by atoms with van der Waals surface area (Å²) >= 11 is 1.68. The zero-order valence-corrected chi connectivity index (χ0v) is 18.7. The van der Waals surface area contributed by atoms with E-state index in [0.29, 0.717) is 17.9 Å². The van der Waals surface area contributed by atoms with E-state index in [9.17, 15) is 13.2 Å². The number of hydrogen-bond donors (Lipinski definition) is 3. The molecule has 5 rings (SSSR count). The molecule has 0 radical (unpaired) electrons. The number of aromatic amines is 2. The summed E-state index contributed by atoms with van der Waals surface area (Å²) in [7, 11) is 0. The zero-order chi connectivity index (χ0) is 24.1. The monoisotopic (exact) mass is 493 g/mol. The smallest absolute Gasteiger partial charge is 0.368 e. The van der Waals surface area contributed by atoms with E-state index in [1.165, 1.54) is 12.8 Å². The summed E-state index contributed by atoms with van der Waals surface area (Å²) in [5.41, 5.74) is 8.39. The van der Waals surface area contributed by atoms with Gasteiger partial charge in [0.2, 0.25) is 17.4 Å². The van der Waals surface area contributed by atoms with Gasteiger partial charge in [-0.3, -0.25) is 9.48 Å². The molecule has 0 unspecified atom stereocenters. The van der Waals surface area contributed by atoms with Crippen molar-refractivity contribution in [2.75, 3.05) is 11.5 Å². The van der Waals surface area contributed by atoms with Gasteiger partial charge in [-0.15, -0.1) is 5.10 Å². The highest BCUT2D eigenvalue weighted by atomic mass is 32.2. The first-order valence-electron chi connectivity index (χ1n) is 10.5. The van der Waals surface area contributed by atoms with Gasteiger partial charge in [0.1, 0.15) is 12.0 Å². The number of anilines is 1. The minimum Gasteiger partial charge on any atom is -0.368 e. The number of aldehydes is 1. The summed E-state index contributed by atoms with van der Waals surface area (Å²) in [6.45, 7) is 0. The molecule has 4 aromatic heterocycles. The van der Waals surface area contributed by atoms with Crippen molar-refractivity contribution in [1.29, 1.82) is 0 Å². The van der Waals surface area contributed by atoms with Crippen molar-refractivity contribution in [3.05, 3.63) is 31.0 Å². The van der Waals surface area contributed by atoms with E-state index in [2.05, 4.69) is 46.1 Å². The molecule has 10 nitrogen and oxygen atoms in total. The summed E-state index contributed by atoms with van der Waals surface area (Å²) in [5, 5.41) is 13.2. The molecule has 0 bridgehead atoms. The molecule has 1 aliphatic carbocycles. The second kappa shape index (κ2) is 10.2. The van der Waals surface area contributed by atoms with E-state index >= 15 is 0 Å². The third-order valence-electron chi connectivity index (χ3n) is 5.48. The van der Waals surface area contributed by atoms with E-state index in [-0.39, 0.29) is 0 Å². The molecule has 1 saturated carbocycles. The van der Waals surface area contributed by atoms with Crippen molar-refractivity contribution in [2.45, 2.75) is 43.1 Å². The number of hydrogen-bond acceptors (Lipinski definition) is 8. The number of carbonyl (C=O) groups excluding carboxylic acids is 1. The predicted molar refractivity (Wildman–Crippen MR) is 120 cm³/mol. The van der Waals surface area contributed by atoms with Crippen LogP contribution < -0.4 is 5.73 Å². The van der Waals surface area contributed by atoms with Crippen LogP contribution in [-0.2, 0) is 4.79 Å². The largest absolute Gasteiger partial charge is 0.446 e. The van der Waals surface area contributed by atoms with Gasteiger partial charge in [-0.1, -0.05) is 11.8 Å². The van der Waals surface area contributed by atoms with Crippen LogP contribution in [0.3, 0.4) is 0 Å². The fraction of sp³-hybridized carbons (Fsp3) is 0.400. The quantitative estimate of drug-likeness (QED) is 0.281. The van der Waals surface area contributed by atoms with Gasteiger partial charge < -0.3 is 10.7 Å². The number of aromatic nitrogens is 8. The van der Waals surface area contributed by atoms with Crippen LogP contribution in [0.1, 0.15) is 31.7 Å². The number of nitrogens with one attached hydrogen (secondary N) is 2. The highest BCUT2D eigenvalue weighted by Crippen LogP contribution is 2.35. The first-order chi connectivity index (χ1) is 16.3. The molecule has 4 N–H and O–H groups in total. The Morgan fingerprint density at radius 2 is 2.00 bits per heavy atom. The Morgan fingerprint density at radius 3 is 2.68 bits per heavy atom. The van der Waals surface area contributed by atoms with Gasteiger partial charge in [-0.2, -0.15) is 23.3 Å². The lowest BCUT2D eigenvalue weighted by Crippen LogP contribution is -2.19.